The summed E-state index contributed by atoms with van der Waals surface area (Å²) >= 11 is 0. The monoisotopic (exact) mass is 327 g/mol. The third-order valence-corrected chi connectivity index (χ3v) is 6.30. The normalized spacial score (nSPS) is 17.9. The molecule has 1 unspecified atom stereocenters. The zero-order chi connectivity index (χ0) is 16.2. The van der Waals surface area contributed by atoms with Gasteiger partial charge in [0.2, 0.25) is 5.91 Å². The van der Waals surface area contributed by atoms with E-state index in [1.807, 2.05) is 0 Å². The van der Waals surface area contributed by atoms with E-state index in [1.165, 1.54) is 31.5 Å². The first kappa shape index (κ1) is 16.9. The van der Waals surface area contributed by atoms with Crippen LogP contribution in [0, 0.1) is 11.7 Å². The van der Waals surface area contributed by atoms with Gasteiger partial charge in [-0.25, -0.2) is 12.8 Å². The Bertz CT molecular complexity index is 624. The topological polar surface area (TPSA) is 63.2 Å². The van der Waals surface area contributed by atoms with Gasteiger partial charge in [0.1, 0.15) is 11.1 Å². The smallest absolute Gasteiger partial charge is 0.238 e. The zero-order valence-corrected chi connectivity index (χ0v) is 13.5. The van der Waals surface area contributed by atoms with Crippen LogP contribution in [-0.4, -0.2) is 26.1 Å². The number of carbonyl (C=O) groups excluding carboxylic acids is 1. The number of nitrogens with one attached hydrogen (secondary N) is 1. The lowest BCUT2D eigenvalue weighted by molar-refractivity contribution is -0.120. The van der Waals surface area contributed by atoms with Crippen LogP contribution in [0.5, 0.6) is 0 Å². The first-order valence-electron chi connectivity index (χ1n) is 7.68. The molecule has 1 saturated carbocycles. The Labute approximate surface area is 131 Å². The van der Waals surface area contributed by atoms with Gasteiger partial charge >= 0.3 is 0 Å². The van der Waals surface area contributed by atoms with E-state index < -0.39 is 26.8 Å². The fraction of sp³-hybridized carbons (Fsp3) is 0.562. The molecule has 0 radical (unpaired) electrons. The highest BCUT2D eigenvalue weighted by Gasteiger charge is 2.30. The molecule has 6 heteroatoms. The summed E-state index contributed by atoms with van der Waals surface area (Å²) in [7, 11) is -3.87. The van der Waals surface area contributed by atoms with Crippen molar-refractivity contribution in [2.24, 2.45) is 5.92 Å². The minimum absolute atomic E-state index is 0.159. The van der Waals surface area contributed by atoms with Gasteiger partial charge in [-0.15, -0.1) is 0 Å². The van der Waals surface area contributed by atoms with Crippen molar-refractivity contribution in [1.82, 2.24) is 5.32 Å². The molecule has 1 amide bonds. The number of hydrogen-bond acceptors (Lipinski definition) is 3. The van der Waals surface area contributed by atoms with Gasteiger partial charge in [0.15, 0.2) is 9.84 Å². The van der Waals surface area contributed by atoms with E-state index in [0.29, 0.717) is 12.5 Å². The maximum atomic E-state index is 13.2. The Balaban J connectivity index is 1.99. The summed E-state index contributed by atoms with van der Waals surface area (Å²) in [6.45, 7) is 1.86. The number of halogens is 1. The highest BCUT2D eigenvalue weighted by molar-refractivity contribution is 7.92. The fourth-order valence-electron chi connectivity index (χ4n) is 2.77. The molecule has 0 bridgehead atoms. The fourth-order valence-corrected chi connectivity index (χ4v) is 4.09. The molecular weight excluding hydrogens is 305 g/mol. The van der Waals surface area contributed by atoms with E-state index in [4.69, 9.17) is 0 Å². The van der Waals surface area contributed by atoms with Crippen molar-refractivity contribution in [3.63, 3.8) is 0 Å². The second kappa shape index (κ2) is 7.22. The summed E-state index contributed by atoms with van der Waals surface area (Å²) in [5.74, 6) is -0.715. The van der Waals surface area contributed by atoms with E-state index in [9.17, 15) is 17.6 Å². The Kier molecular flexibility index (Phi) is 5.56. The second-order valence-corrected chi connectivity index (χ2v) is 8.16. The number of carbonyl (C=O) groups is 1. The molecule has 0 heterocycles. The molecule has 2 rings (SSSR count). The molecule has 1 aromatic carbocycles. The molecular formula is C16H22FNO3S. The maximum absolute atomic E-state index is 13.2. The Morgan fingerprint density at radius 1 is 1.32 bits per heavy atom. The number of hydrogen-bond donors (Lipinski definition) is 1. The molecule has 22 heavy (non-hydrogen) atoms. The number of sulfone groups is 1. The molecule has 1 aliphatic rings. The summed E-state index contributed by atoms with van der Waals surface area (Å²) in [6, 6.07) is 4.76. The van der Waals surface area contributed by atoms with Crippen molar-refractivity contribution in [1.29, 1.82) is 0 Å². The third-order valence-electron chi connectivity index (χ3n) is 4.25. The van der Waals surface area contributed by atoms with Crippen molar-refractivity contribution < 1.29 is 17.6 Å². The third kappa shape index (κ3) is 4.06. The predicted molar refractivity (Wildman–Crippen MR) is 82.6 cm³/mol. The molecule has 0 spiro atoms. The van der Waals surface area contributed by atoms with Crippen molar-refractivity contribution in [2.45, 2.75) is 49.2 Å². The zero-order valence-electron chi connectivity index (χ0n) is 12.7. The molecule has 1 aliphatic carbocycles. The minimum Gasteiger partial charge on any atom is -0.355 e. The lowest BCUT2D eigenvalue weighted by Gasteiger charge is -2.22. The first-order valence-corrected chi connectivity index (χ1v) is 9.23. The van der Waals surface area contributed by atoms with Gasteiger partial charge < -0.3 is 5.32 Å². The van der Waals surface area contributed by atoms with E-state index in [0.717, 1.165) is 31.7 Å². The average Bonchev–Trinajstić information content (AvgIpc) is 2.52. The molecule has 1 N–H and O–H groups in total. The Morgan fingerprint density at radius 2 is 2.00 bits per heavy atom. The second-order valence-electron chi connectivity index (χ2n) is 5.89. The molecule has 1 aromatic rings. The Hall–Kier alpha value is -1.43. The maximum Gasteiger partial charge on any atom is 0.238 e. The highest BCUT2D eigenvalue weighted by atomic mass is 32.2. The van der Waals surface area contributed by atoms with E-state index in [-0.39, 0.29) is 4.90 Å². The molecule has 1 atom stereocenters. The van der Waals surface area contributed by atoms with E-state index >= 15 is 0 Å². The van der Waals surface area contributed by atoms with Crippen LogP contribution >= 0.6 is 0 Å². The van der Waals surface area contributed by atoms with Gasteiger partial charge in [-0.3, -0.25) is 4.79 Å². The van der Waals surface area contributed by atoms with Crippen LogP contribution < -0.4 is 5.32 Å². The van der Waals surface area contributed by atoms with Crippen molar-refractivity contribution in [3.05, 3.63) is 30.1 Å². The minimum atomic E-state index is -3.87. The first-order chi connectivity index (χ1) is 10.4. The van der Waals surface area contributed by atoms with Crippen LogP contribution in [-0.2, 0) is 14.6 Å². The van der Waals surface area contributed by atoms with Crippen LogP contribution in [0.25, 0.3) is 0 Å². The molecule has 122 valence electrons. The molecule has 0 aliphatic heterocycles. The van der Waals surface area contributed by atoms with Crippen molar-refractivity contribution >= 4 is 15.7 Å². The van der Waals surface area contributed by atoms with Gasteiger partial charge in [0.05, 0.1) is 4.90 Å². The SMILES string of the molecule is CC(C(=O)NCC1CCCCC1)S(=O)(=O)c1cccc(F)c1. The molecule has 0 aromatic heterocycles. The summed E-state index contributed by atoms with van der Waals surface area (Å²) in [4.78, 5) is 11.9. The summed E-state index contributed by atoms with van der Waals surface area (Å²) in [5, 5.41) is 1.51. The Morgan fingerprint density at radius 3 is 2.64 bits per heavy atom. The van der Waals surface area contributed by atoms with Crippen LogP contribution in [0.1, 0.15) is 39.0 Å². The van der Waals surface area contributed by atoms with Gasteiger partial charge in [0, 0.05) is 6.54 Å². The van der Waals surface area contributed by atoms with E-state index in [1.54, 1.807) is 0 Å². The summed E-state index contributed by atoms with van der Waals surface area (Å²) in [6.07, 6.45) is 5.71. The lowest BCUT2D eigenvalue weighted by atomic mass is 9.89. The highest BCUT2D eigenvalue weighted by Crippen LogP contribution is 2.23. The standard InChI is InChI=1S/C16H22FNO3S/c1-12(16(19)18-11-13-6-3-2-4-7-13)22(20,21)15-9-5-8-14(17)10-15/h5,8-10,12-13H,2-4,6-7,11H2,1H3,(H,18,19). The van der Waals surface area contributed by atoms with Crippen LogP contribution in [0.4, 0.5) is 4.39 Å². The van der Waals surface area contributed by atoms with Crippen molar-refractivity contribution in [2.75, 3.05) is 6.54 Å². The van der Waals surface area contributed by atoms with Crippen LogP contribution in [0.3, 0.4) is 0 Å². The number of benzene rings is 1. The molecule has 1 fully saturated rings. The van der Waals surface area contributed by atoms with Gasteiger partial charge in [-0.05, 0) is 43.9 Å². The van der Waals surface area contributed by atoms with Gasteiger partial charge in [-0.1, -0.05) is 25.3 Å². The van der Waals surface area contributed by atoms with Gasteiger partial charge in [-0.2, -0.15) is 0 Å². The quantitative estimate of drug-likeness (QED) is 0.904. The van der Waals surface area contributed by atoms with E-state index in [2.05, 4.69) is 5.32 Å². The van der Waals surface area contributed by atoms with Gasteiger partial charge in [0.25, 0.3) is 0 Å². The number of rotatable bonds is 5. The largest absolute Gasteiger partial charge is 0.355 e. The predicted octanol–water partition coefficient (Wildman–Crippen LogP) is 2.68. The van der Waals surface area contributed by atoms with Crippen molar-refractivity contribution in [3.8, 4) is 0 Å². The molecule has 4 nitrogen and oxygen atoms in total. The summed E-state index contributed by atoms with van der Waals surface area (Å²) < 4.78 is 37.9. The van der Waals surface area contributed by atoms with Crippen LogP contribution in [0.15, 0.2) is 29.2 Å². The number of amides is 1. The average molecular weight is 327 g/mol. The lowest BCUT2D eigenvalue weighted by Crippen LogP contribution is -2.40. The van der Waals surface area contributed by atoms with Crippen LogP contribution in [0.2, 0.25) is 0 Å². The molecule has 0 saturated heterocycles. The summed E-state index contributed by atoms with van der Waals surface area (Å²) in [5.41, 5.74) is 0.